The van der Waals surface area contributed by atoms with E-state index in [1.807, 2.05) is 5.43 Å². The largest absolute Gasteiger partial charge is 0.427 e. The van der Waals surface area contributed by atoms with Crippen molar-refractivity contribution in [3.63, 3.8) is 0 Å². The Hall–Kier alpha value is -4.52. The molecule has 2 aromatic rings. The molecule has 0 heterocycles. The second-order valence-electron chi connectivity index (χ2n) is 6.11. The minimum Gasteiger partial charge on any atom is -0.427 e. The molecule has 0 saturated carbocycles. The molecule has 0 radical (unpaired) electrons. The maximum absolute atomic E-state index is 12.4. The second-order valence-corrected chi connectivity index (χ2v) is 6.11. The highest BCUT2D eigenvalue weighted by molar-refractivity contribution is 6.12. The Bertz CT molecular complexity index is 1050. The summed E-state index contributed by atoms with van der Waals surface area (Å²) in [5.74, 6) is -4.86. The summed E-state index contributed by atoms with van der Waals surface area (Å²) in [4.78, 5) is 58.6. The van der Waals surface area contributed by atoms with Gasteiger partial charge in [-0.25, -0.2) is 0 Å². The van der Waals surface area contributed by atoms with Gasteiger partial charge in [0.15, 0.2) is 11.7 Å². The van der Waals surface area contributed by atoms with Crippen molar-refractivity contribution in [2.45, 2.75) is 13.8 Å². The highest BCUT2D eigenvalue weighted by Gasteiger charge is 2.28. The molecule has 0 aromatic heterocycles. The fourth-order valence-electron chi connectivity index (χ4n) is 2.36. The first-order chi connectivity index (χ1) is 14.7. The van der Waals surface area contributed by atoms with Crippen LogP contribution in [0.25, 0.3) is 0 Å². The lowest BCUT2D eigenvalue weighted by molar-refractivity contribution is -0.132. The van der Waals surface area contributed by atoms with Crippen LogP contribution in [0.15, 0.2) is 48.5 Å². The number of nitriles is 1. The third kappa shape index (κ3) is 6.50. The van der Waals surface area contributed by atoms with E-state index in [0.29, 0.717) is 0 Å². The molecule has 10 nitrogen and oxygen atoms in total. The number of carbonyl (C=O) groups is 5. The van der Waals surface area contributed by atoms with E-state index < -0.39 is 35.5 Å². The molecule has 0 saturated heterocycles. The van der Waals surface area contributed by atoms with Gasteiger partial charge in [-0.15, -0.1) is 0 Å². The molecule has 0 fully saturated rings. The van der Waals surface area contributed by atoms with Gasteiger partial charge in [0.25, 0.3) is 11.8 Å². The lowest BCUT2D eigenvalue weighted by Crippen LogP contribution is -2.46. The fraction of sp³-hybridized carbons (Fsp3) is 0.143. The zero-order chi connectivity index (χ0) is 23.0. The van der Waals surface area contributed by atoms with Gasteiger partial charge in [-0.1, -0.05) is 0 Å². The molecule has 2 rings (SSSR count). The van der Waals surface area contributed by atoms with E-state index in [2.05, 4.69) is 5.43 Å². The highest BCUT2D eigenvalue weighted by Crippen LogP contribution is 2.16. The van der Waals surface area contributed by atoms with Crippen molar-refractivity contribution < 1.29 is 33.4 Å². The highest BCUT2D eigenvalue weighted by atomic mass is 16.5. The number of nitrogens with zero attached hydrogens (tertiary/aromatic N) is 1. The summed E-state index contributed by atoms with van der Waals surface area (Å²) in [6.07, 6.45) is 0. The van der Waals surface area contributed by atoms with Crippen molar-refractivity contribution in [1.82, 2.24) is 10.9 Å². The molecular weight excluding hydrogens is 406 g/mol. The van der Waals surface area contributed by atoms with Gasteiger partial charge in [-0.05, 0) is 48.5 Å². The van der Waals surface area contributed by atoms with Gasteiger partial charge in [0, 0.05) is 25.0 Å². The van der Waals surface area contributed by atoms with Crippen LogP contribution in [0.1, 0.15) is 34.6 Å². The van der Waals surface area contributed by atoms with Crippen LogP contribution in [0.5, 0.6) is 11.5 Å². The van der Waals surface area contributed by atoms with E-state index in [4.69, 9.17) is 9.47 Å². The topological polar surface area (TPSA) is 152 Å². The standard InChI is InChI=1S/C21H17N3O7/c1-12(25)30-16-7-3-14(4-8-16)19(27)18(11-22)21(29)24-23-20(28)15-5-9-17(10-6-15)31-13(2)26/h3-10,18H,1-2H3,(H,23,28)(H,24,29)/t18-/m0/s1. The molecule has 0 bridgehead atoms. The van der Waals surface area contributed by atoms with Crippen molar-refractivity contribution in [2.75, 3.05) is 0 Å². The predicted molar refractivity (Wildman–Crippen MR) is 105 cm³/mol. The van der Waals surface area contributed by atoms with Crippen LogP contribution >= 0.6 is 0 Å². The summed E-state index contributed by atoms with van der Waals surface area (Å²) in [5.41, 5.74) is 4.32. The third-order valence-electron chi connectivity index (χ3n) is 3.73. The van der Waals surface area contributed by atoms with Crippen LogP contribution in [0, 0.1) is 17.2 Å². The number of carbonyl (C=O) groups excluding carboxylic acids is 5. The number of Topliss-reactive ketones (excluding diaryl/α,β-unsaturated/α-hetero) is 1. The molecule has 0 aliphatic heterocycles. The first kappa shape index (κ1) is 22.8. The van der Waals surface area contributed by atoms with Crippen molar-refractivity contribution in [3.8, 4) is 17.6 Å². The van der Waals surface area contributed by atoms with Crippen LogP contribution in [-0.4, -0.2) is 29.5 Å². The van der Waals surface area contributed by atoms with E-state index in [0.717, 1.165) is 0 Å². The number of benzene rings is 2. The quantitative estimate of drug-likeness (QED) is 0.232. The Morgan fingerprint density at radius 1 is 0.774 bits per heavy atom. The first-order valence-electron chi connectivity index (χ1n) is 8.82. The molecule has 0 spiro atoms. The molecule has 158 valence electrons. The van der Waals surface area contributed by atoms with Gasteiger partial charge < -0.3 is 9.47 Å². The number of hydrogen-bond donors (Lipinski definition) is 2. The summed E-state index contributed by atoms with van der Waals surface area (Å²) in [6.45, 7) is 2.45. The van der Waals surface area contributed by atoms with Crippen molar-refractivity contribution >= 4 is 29.5 Å². The van der Waals surface area contributed by atoms with E-state index in [1.165, 1.54) is 62.4 Å². The molecule has 31 heavy (non-hydrogen) atoms. The number of hydrogen-bond acceptors (Lipinski definition) is 8. The van der Waals surface area contributed by atoms with Gasteiger partial charge in [0.05, 0.1) is 6.07 Å². The number of rotatable bonds is 6. The summed E-state index contributed by atoms with van der Waals surface area (Å²) in [5, 5.41) is 9.23. The maximum Gasteiger partial charge on any atom is 0.308 e. The Kier molecular flexibility index (Phi) is 7.57. The molecule has 2 N–H and O–H groups in total. The van der Waals surface area contributed by atoms with E-state index in [1.54, 1.807) is 6.07 Å². The van der Waals surface area contributed by atoms with Gasteiger partial charge in [-0.2, -0.15) is 5.26 Å². The number of hydrazine groups is 1. The van der Waals surface area contributed by atoms with Crippen LogP contribution in [0.3, 0.4) is 0 Å². The number of nitrogens with one attached hydrogen (secondary N) is 2. The van der Waals surface area contributed by atoms with E-state index in [-0.39, 0.29) is 22.6 Å². The average molecular weight is 423 g/mol. The van der Waals surface area contributed by atoms with Crippen LogP contribution in [0.4, 0.5) is 0 Å². The van der Waals surface area contributed by atoms with Crippen LogP contribution in [-0.2, 0) is 14.4 Å². The molecule has 2 amide bonds. The zero-order valence-electron chi connectivity index (χ0n) is 16.5. The zero-order valence-corrected chi connectivity index (χ0v) is 16.5. The Morgan fingerprint density at radius 2 is 1.23 bits per heavy atom. The lowest BCUT2D eigenvalue weighted by atomic mass is 9.98. The molecule has 2 aromatic carbocycles. The minimum atomic E-state index is -1.72. The minimum absolute atomic E-state index is 0.0463. The van der Waals surface area contributed by atoms with Gasteiger partial charge in [-0.3, -0.25) is 34.8 Å². The van der Waals surface area contributed by atoms with E-state index >= 15 is 0 Å². The molecule has 0 aliphatic rings. The summed E-state index contributed by atoms with van der Waals surface area (Å²) >= 11 is 0. The normalized spacial score (nSPS) is 10.7. The summed E-state index contributed by atoms with van der Waals surface area (Å²) in [6, 6.07) is 12.4. The van der Waals surface area contributed by atoms with E-state index in [9.17, 15) is 29.2 Å². The molecule has 0 unspecified atom stereocenters. The Morgan fingerprint density at radius 3 is 1.65 bits per heavy atom. The summed E-state index contributed by atoms with van der Waals surface area (Å²) in [7, 11) is 0. The van der Waals surface area contributed by atoms with Gasteiger partial charge in [0.1, 0.15) is 11.5 Å². The smallest absolute Gasteiger partial charge is 0.308 e. The second kappa shape index (κ2) is 10.3. The van der Waals surface area contributed by atoms with Crippen molar-refractivity contribution in [3.05, 3.63) is 59.7 Å². The van der Waals surface area contributed by atoms with Crippen molar-refractivity contribution in [1.29, 1.82) is 5.26 Å². The summed E-state index contributed by atoms with van der Waals surface area (Å²) < 4.78 is 9.70. The fourth-order valence-corrected chi connectivity index (χ4v) is 2.36. The lowest BCUT2D eigenvalue weighted by Gasteiger charge is -2.11. The molecule has 1 atom stereocenters. The number of esters is 2. The number of ether oxygens (including phenoxy) is 2. The number of amides is 2. The average Bonchev–Trinajstić information content (AvgIpc) is 2.72. The molecule has 10 heteroatoms. The SMILES string of the molecule is CC(=O)Oc1ccc(C(=O)NNC(=O)[C@@H](C#N)C(=O)c2ccc(OC(C)=O)cc2)cc1. The van der Waals surface area contributed by atoms with Crippen LogP contribution < -0.4 is 20.3 Å². The maximum atomic E-state index is 12.4. The van der Waals surface area contributed by atoms with Gasteiger partial charge in [0.2, 0.25) is 0 Å². The predicted octanol–water partition coefficient (Wildman–Crippen LogP) is 1.32. The van der Waals surface area contributed by atoms with Gasteiger partial charge >= 0.3 is 11.9 Å². The molecule has 0 aliphatic carbocycles. The van der Waals surface area contributed by atoms with Crippen LogP contribution in [0.2, 0.25) is 0 Å². The third-order valence-corrected chi connectivity index (χ3v) is 3.73. The Balaban J connectivity index is 1.98. The Labute approximate surface area is 176 Å². The monoisotopic (exact) mass is 423 g/mol. The molecular formula is C21H17N3O7. The first-order valence-corrected chi connectivity index (χ1v) is 8.82. The van der Waals surface area contributed by atoms with Crippen molar-refractivity contribution in [2.24, 2.45) is 5.92 Å². The number of ketones is 1.